The van der Waals surface area contributed by atoms with Gasteiger partial charge in [-0.05, 0) is 30.3 Å². The molecule has 0 aliphatic rings. The van der Waals surface area contributed by atoms with Crippen LogP contribution in [0.25, 0.3) is 16.7 Å². The lowest BCUT2D eigenvalue weighted by molar-refractivity contribution is -0.384. The highest BCUT2D eigenvalue weighted by Gasteiger charge is 2.20. The molecule has 2 aromatic heterocycles. The molecule has 0 aliphatic heterocycles. The first-order valence-corrected chi connectivity index (χ1v) is 8.87. The maximum atomic E-state index is 12.5. The highest BCUT2D eigenvalue weighted by atomic mass is 16.6. The molecule has 0 unspecified atom stereocenters. The Kier molecular flexibility index (Phi) is 4.72. The van der Waals surface area contributed by atoms with Crippen molar-refractivity contribution in [3.63, 3.8) is 0 Å². The van der Waals surface area contributed by atoms with E-state index in [9.17, 15) is 24.5 Å². The summed E-state index contributed by atoms with van der Waals surface area (Å²) in [7, 11) is 0. The number of amides is 1. The number of para-hydroxylation sites is 1. The number of carbonyl (C=O) groups is 1. The summed E-state index contributed by atoms with van der Waals surface area (Å²) in [4.78, 5) is 50.4. The zero-order valence-electron chi connectivity index (χ0n) is 15.4. The topological polar surface area (TPSA) is 132 Å². The van der Waals surface area contributed by atoms with Crippen LogP contribution in [0.1, 0.15) is 0 Å². The number of hydrogen-bond donors (Lipinski definition) is 2. The van der Waals surface area contributed by atoms with Crippen LogP contribution in [-0.4, -0.2) is 24.9 Å². The smallest absolute Gasteiger partial charge is 0.317 e. The van der Waals surface area contributed by atoms with Gasteiger partial charge in [0.15, 0.2) is 0 Å². The number of rotatable bonds is 5. The van der Waals surface area contributed by atoms with Crippen molar-refractivity contribution < 1.29 is 9.72 Å². The van der Waals surface area contributed by atoms with E-state index in [0.29, 0.717) is 5.69 Å². The number of carbonyl (C=O) groups excluding carboxylic acids is 1. The molecule has 0 bridgehead atoms. The monoisotopic (exact) mass is 405 g/mol. The molecule has 0 saturated carbocycles. The minimum atomic E-state index is -0.974. The third-order valence-electron chi connectivity index (χ3n) is 4.51. The van der Waals surface area contributed by atoms with Crippen molar-refractivity contribution in [3.8, 4) is 5.69 Å². The van der Waals surface area contributed by atoms with Crippen molar-refractivity contribution in [2.75, 3.05) is 5.32 Å². The second-order valence-electron chi connectivity index (χ2n) is 6.47. The van der Waals surface area contributed by atoms with E-state index >= 15 is 0 Å². The largest absolute Gasteiger partial charge is 0.325 e. The van der Waals surface area contributed by atoms with Crippen molar-refractivity contribution in [1.82, 2.24) is 14.1 Å². The lowest BCUT2D eigenvalue weighted by Crippen LogP contribution is -2.38. The van der Waals surface area contributed by atoms with Gasteiger partial charge in [-0.3, -0.25) is 29.1 Å². The van der Waals surface area contributed by atoms with E-state index < -0.39 is 28.5 Å². The summed E-state index contributed by atoms with van der Waals surface area (Å²) in [6.45, 7) is -0.433. The Hall–Kier alpha value is -4.47. The minimum absolute atomic E-state index is 0.0784. The number of hydrogen-bond acceptors (Lipinski definition) is 5. The van der Waals surface area contributed by atoms with E-state index in [2.05, 4.69) is 10.3 Å². The predicted molar refractivity (Wildman–Crippen MR) is 110 cm³/mol. The number of nitrogens with one attached hydrogen (secondary N) is 2. The van der Waals surface area contributed by atoms with Gasteiger partial charge < -0.3 is 14.9 Å². The molecule has 2 N–H and O–H groups in total. The first kappa shape index (κ1) is 18.9. The molecule has 10 heteroatoms. The van der Waals surface area contributed by atoms with Gasteiger partial charge in [0.25, 0.3) is 5.69 Å². The molecule has 30 heavy (non-hydrogen) atoms. The molecule has 150 valence electrons. The number of aromatic amines is 1. The number of nitro benzene ring substituents is 1. The highest BCUT2D eigenvalue weighted by Crippen LogP contribution is 2.27. The fraction of sp³-hybridized carbons (Fsp3) is 0.0500. The molecule has 2 heterocycles. The molecule has 0 atom stereocenters. The molecule has 0 radical (unpaired) electrons. The van der Waals surface area contributed by atoms with Crippen LogP contribution in [0.15, 0.2) is 76.6 Å². The Bertz CT molecular complexity index is 1370. The first-order chi connectivity index (χ1) is 14.4. The van der Waals surface area contributed by atoms with Gasteiger partial charge in [-0.25, -0.2) is 0 Å². The number of fused-ring (bicyclic) bond motifs is 1. The number of nitrogens with zero attached hydrogens (tertiary/aromatic N) is 3. The summed E-state index contributed by atoms with van der Waals surface area (Å²) < 4.78 is 2.52. The van der Waals surface area contributed by atoms with E-state index in [1.165, 1.54) is 16.7 Å². The lowest BCUT2D eigenvalue weighted by atomic mass is 10.2. The van der Waals surface area contributed by atoms with Crippen LogP contribution in [0, 0.1) is 10.1 Å². The number of benzene rings is 2. The van der Waals surface area contributed by atoms with Gasteiger partial charge in [-0.15, -0.1) is 0 Å². The van der Waals surface area contributed by atoms with E-state index in [1.54, 1.807) is 54.9 Å². The van der Waals surface area contributed by atoms with Crippen molar-refractivity contribution in [3.05, 3.63) is 97.8 Å². The Morgan fingerprint density at radius 1 is 1.07 bits per heavy atom. The van der Waals surface area contributed by atoms with Crippen LogP contribution < -0.4 is 16.4 Å². The van der Waals surface area contributed by atoms with Crippen molar-refractivity contribution in [1.29, 1.82) is 0 Å². The summed E-state index contributed by atoms with van der Waals surface area (Å²) in [6.07, 6.45) is 3.23. The van der Waals surface area contributed by atoms with Crippen LogP contribution in [0.5, 0.6) is 0 Å². The van der Waals surface area contributed by atoms with Gasteiger partial charge in [0.2, 0.25) is 5.91 Å². The number of nitro groups is 1. The third kappa shape index (κ3) is 3.49. The molecular formula is C20H15N5O5. The molecule has 0 spiro atoms. The lowest BCUT2D eigenvalue weighted by Gasteiger charge is -2.12. The summed E-state index contributed by atoms with van der Waals surface area (Å²) in [5.74, 6) is -0.518. The van der Waals surface area contributed by atoms with Gasteiger partial charge in [0, 0.05) is 24.1 Å². The molecule has 4 aromatic rings. The van der Waals surface area contributed by atoms with Gasteiger partial charge in [0.05, 0.1) is 16.0 Å². The van der Waals surface area contributed by atoms with Gasteiger partial charge in [-0.1, -0.05) is 18.2 Å². The Balaban J connectivity index is 1.86. The predicted octanol–water partition coefficient (Wildman–Crippen LogP) is 2.03. The summed E-state index contributed by atoms with van der Waals surface area (Å²) in [5.41, 5.74) is -1.16. The van der Waals surface area contributed by atoms with Crippen LogP contribution >= 0.6 is 0 Å². The van der Waals surface area contributed by atoms with Crippen LogP contribution in [0.2, 0.25) is 0 Å². The zero-order chi connectivity index (χ0) is 21.3. The SMILES string of the molecule is O=C(Cn1c(=O)c(=O)[nH]c2cc([N+](=O)[O-])c(-n3cccc3)cc21)Nc1ccccc1. The Morgan fingerprint density at radius 2 is 1.77 bits per heavy atom. The Labute approximate surface area is 168 Å². The Morgan fingerprint density at radius 3 is 2.43 bits per heavy atom. The van der Waals surface area contributed by atoms with Crippen molar-refractivity contribution >= 4 is 28.3 Å². The van der Waals surface area contributed by atoms with Crippen molar-refractivity contribution in [2.45, 2.75) is 6.54 Å². The minimum Gasteiger partial charge on any atom is -0.325 e. The highest BCUT2D eigenvalue weighted by molar-refractivity contribution is 5.92. The number of aromatic nitrogens is 3. The summed E-state index contributed by atoms with van der Waals surface area (Å²) >= 11 is 0. The first-order valence-electron chi connectivity index (χ1n) is 8.87. The van der Waals surface area contributed by atoms with Crippen LogP contribution in [0.4, 0.5) is 11.4 Å². The molecule has 2 aromatic carbocycles. The van der Waals surface area contributed by atoms with Crippen LogP contribution in [0.3, 0.4) is 0 Å². The molecular weight excluding hydrogens is 390 g/mol. The maximum absolute atomic E-state index is 12.5. The summed E-state index contributed by atoms with van der Waals surface area (Å²) in [5, 5.41) is 14.2. The van der Waals surface area contributed by atoms with Gasteiger partial charge in [-0.2, -0.15) is 0 Å². The molecule has 0 aliphatic carbocycles. The second-order valence-corrected chi connectivity index (χ2v) is 6.47. The molecule has 0 saturated heterocycles. The van der Waals surface area contributed by atoms with Gasteiger partial charge in [0.1, 0.15) is 12.2 Å². The molecule has 1 amide bonds. The number of H-pyrrole nitrogens is 1. The fourth-order valence-electron chi connectivity index (χ4n) is 3.17. The van der Waals surface area contributed by atoms with E-state index in [1.807, 2.05) is 0 Å². The maximum Gasteiger partial charge on any atom is 0.317 e. The van der Waals surface area contributed by atoms with E-state index in [0.717, 1.165) is 4.57 Å². The summed E-state index contributed by atoms with van der Waals surface area (Å²) in [6, 6.07) is 14.6. The fourth-order valence-corrected chi connectivity index (χ4v) is 3.17. The molecule has 4 rings (SSSR count). The van der Waals surface area contributed by atoms with Crippen LogP contribution in [-0.2, 0) is 11.3 Å². The van der Waals surface area contributed by atoms with Gasteiger partial charge >= 0.3 is 11.1 Å². The molecule has 10 nitrogen and oxygen atoms in total. The molecule has 0 fully saturated rings. The third-order valence-corrected chi connectivity index (χ3v) is 4.51. The second kappa shape index (κ2) is 7.51. The van der Waals surface area contributed by atoms with E-state index in [4.69, 9.17) is 0 Å². The zero-order valence-corrected chi connectivity index (χ0v) is 15.4. The quantitative estimate of drug-likeness (QED) is 0.298. The van der Waals surface area contributed by atoms with Crippen molar-refractivity contribution in [2.24, 2.45) is 0 Å². The standard InChI is InChI=1S/C20H15N5O5/c26-18(21-13-6-2-1-3-7-13)12-24-15-11-16(23-8-4-5-9-23)17(25(29)30)10-14(15)22-19(27)20(24)28/h1-11H,12H2,(H,21,26)(H,22,27). The number of anilines is 1. The normalized spacial score (nSPS) is 10.8. The average molecular weight is 405 g/mol. The average Bonchev–Trinajstić information content (AvgIpc) is 3.26. The van der Waals surface area contributed by atoms with E-state index in [-0.39, 0.29) is 22.4 Å².